The highest BCUT2D eigenvalue weighted by Gasteiger charge is 2.19. The zero-order valence-electron chi connectivity index (χ0n) is 19.3. The molecule has 34 heavy (non-hydrogen) atoms. The van der Waals surface area contributed by atoms with E-state index >= 15 is 0 Å². The predicted octanol–water partition coefficient (Wildman–Crippen LogP) is 2.56. The number of aryl methyl sites for hydroxylation is 3. The van der Waals surface area contributed by atoms with Gasteiger partial charge in [-0.2, -0.15) is 5.10 Å². The summed E-state index contributed by atoms with van der Waals surface area (Å²) >= 11 is 0. The van der Waals surface area contributed by atoms with Crippen LogP contribution in [-0.2, 0) is 17.1 Å². The number of anilines is 5. The van der Waals surface area contributed by atoms with E-state index in [2.05, 4.69) is 40.7 Å². The van der Waals surface area contributed by atoms with Crippen molar-refractivity contribution in [2.75, 3.05) is 28.2 Å². The highest BCUT2D eigenvalue weighted by atomic mass is 32.2. The summed E-state index contributed by atoms with van der Waals surface area (Å²) in [5.74, 6) is 2.48. The summed E-state index contributed by atoms with van der Waals surface area (Å²) in [6.45, 7) is 3.69. The standard InChI is InChI=1S/C21H24N10O2S/c1-13-6-20(27-14(2)26-13)28-18-8-19(24-12-23-18)29-21-17(31(4)34(5,32)33)7-15(9-22-21)16-10-25-30(3)11-16/h6-12H,1-5H3,(H2,22,23,24,26,27,28,29). The highest BCUT2D eigenvalue weighted by molar-refractivity contribution is 7.92. The Morgan fingerprint density at radius 2 is 1.65 bits per heavy atom. The van der Waals surface area contributed by atoms with E-state index in [1.165, 1.54) is 13.4 Å². The molecule has 4 aromatic rings. The highest BCUT2D eigenvalue weighted by Crippen LogP contribution is 2.32. The molecule has 0 fully saturated rings. The lowest BCUT2D eigenvalue weighted by Gasteiger charge is -2.21. The lowest BCUT2D eigenvalue weighted by atomic mass is 10.1. The number of aromatic nitrogens is 7. The van der Waals surface area contributed by atoms with Gasteiger partial charge in [-0.25, -0.2) is 33.3 Å². The van der Waals surface area contributed by atoms with E-state index in [0.29, 0.717) is 34.8 Å². The maximum absolute atomic E-state index is 12.3. The molecule has 13 heteroatoms. The van der Waals surface area contributed by atoms with E-state index in [9.17, 15) is 8.42 Å². The summed E-state index contributed by atoms with van der Waals surface area (Å²) in [5, 5.41) is 10.4. The van der Waals surface area contributed by atoms with E-state index in [4.69, 9.17) is 0 Å². The first-order valence-electron chi connectivity index (χ1n) is 10.2. The topological polar surface area (TPSA) is 144 Å². The van der Waals surface area contributed by atoms with Crippen molar-refractivity contribution in [3.8, 4) is 11.1 Å². The minimum absolute atomic E-state index is 0.318. The molecule has 0 amide bonds. The van der Waals surface area contributed by atoms with Gasteiger partial charge in [0.2, 0.25) is 10.0 Å². The summed E-state index contributed by atoms with van der Waals surface area (Å²) in [6.07, 6.45) is 7.67. The number of pyridine rings is 1. The first-order valence-corrected chi connectivity index (χ1v) is 12.0. The van der Waals surface area contributed by atoms with Crippen molar-refractivity contribution in [3.63, 3.8) is 0 Å². The molecule has 0 aliphatic heterocycles. The van der Waals surface area contributed by atoms with Crippen molar-refractivity contribution in [1.82, 2.24) is 34.7 Å². The normalized spacial score (nSPS) is 11.3. The van der Waals surface area contributed by atoms with Gasteiger partial charge in [-0.15, -0.1) is 0 Å². The summed E-state index contributed by atoms with van der Waals surface area (Å²) in [4.78, 5) is 21.6. The Hall–Kier alpha value is -4.13. The van der Waals surface area contributed by atoms with Crippen LogP contribution < -0.4 is 14.9 Å². The fourth-order valence-corrected chi connectivity index (χ4v) is 3.72. The third-order valence-electron chi connectivity index (χ3n) is 4.88. The van der Waals surface area contributed by atoms with Gasteiger partial charge in [-0.3, -0.25) is 8.99 Å². The SMILES string of the molecule is Cc1cc(Nc2cc(Nc3ncc(-c4cnn(C)c4)cc3N(C)S(C)(=O)=O)ncn2)nc(C)n1. The van der Waals surface area contributed by atoms with Crippen molar-refractivity contribution in [3.05, 3.63) is 54.6 Å². The summed E-state index contributed by atoms with van der Waals surface area (Å²) in [5.41, 5.74) is 2.73. The maximum atomic E-state index is 12.3. The smallest absolute Gasteiger partial charge is 0.232 e. The van der Waals surface area contributed by atoms with Crippen LogP contribution in [0.2, 0.25) is 0 Å². The predicted molar refractivity (Wildman–Crippen MR) is 130 cm³/mol. The van der Waals surface area contributed by atoms with E-state index in [1.807, 2.05) is 20.0 Å². The van der Waals surface area contributed by atoms with Crippen molar-refractivity contribution >= 4 is 39.0 Å². The average Bonchev–Trinajstić information content (AvgIpc) is 3.19. The Kier molecular flexibility index (Phi) is 6.11. The molecular weight excluding hydrogens is 456 g/mol. The molecule has 12 nitrogen and oxygen atoms in total. The summed E-state index contributed by atoms with van der Waals surface area (Å²) < 4.78 is 27.4. The van der Waals surface area contributed by atoms with Crippen LogP contribution in [0.5, 0.6) is 0 Å². The second-order valence-electron chi connectivity index (χ2n) is 7.71. The number of rotatable bonds is 7. The van der Waals surface area contributed by atoms with Crippen molar-refractivity contribution in [1.29, 1.82) is 0 Å². The van der Waals surface area contributed by atoms with E-state index < -0.39 is 10.0 Å². The van der Waals surface area contributed by atoms with E-state index in [0.717, 1.165) is 27.4 Å². The zero-order chi connectivity index (χ0) is 24.5. The number of nitrogens with zero attached hydrogens (tertiary/aromatic N) is 8. The van der Waals surface area contributed by atoms with Crippen molar-refractivity contribution in [2.45, 2.75) is 13.8 Å². The van der Waals surface area contributed by atoms with Gasteiger partial charge in [-0.1, -0.05) is 0 Å². The van der Waals surface area contributed by atoms with Gasteiger partial charge >= 0.3 is 0 Å². The monoisotopic (exact) mass is 480 g/mol. The number of hydrogen-bond acceptors (Lipinski definition) is 10. The van der Waals surface area contributed by atoms with Gasteiger partial charge in [0, 0.05) is 55.4 Å². The molecule has 0 aliphatic carbocycles. The van der Waals surface area contributed by atoms with Gasteiger partial charge < -0.3 is 10.6 Å². The molecule has 0 radical (unpaired) electrons. The van der Waals surface area contributed by atoms with Crippen LogP contribution in [0.3, 0.4) is 0 Å². The third-order valence-corrected chi connectivity index (χ3v) is 6.07. The molecule has 0 spiro atoms. The Morgan fingerprint density at radius 3 is 2.29 bits per heavy atom. The van der Waals surface area contributed by atoms with Crippen LogP contribution in [-0.4, -0.2) is 56.4 Å². The van der Waals surface area contributed by atoms with Crippen LogP contribution in [0, 0.1) is 13.8 Å². The molecule has 4 rings (SSSR count). The van der Waals surface area contributed by atoms with Gasteiger partial charge in [0.1, 0.15) is 29.6 Å². The van der Waals surface area contributed by atoms with Gasteiger partial charge in [0.25, 0.3) is 0 Å². The number of nitrogens with one attached hydrogen (secondary N) is 2. The first kappa shape index (κ1) is 23.0. The van der Waals surface area contributed by atoms with Gasteiger partial charge in [0.05, 0.1) is 18.1 Å². The Bertz CT molecular complexity index is 1430. The molecule has 2 N–H and O–H groups in total. The first-order chi connectivity index (χ1) is 16.1. The molecule has 0 saturated carbocycles. The van der Waals surface area contributed by atoms with Gasteiger partial charge in [-0.05, 0) is 19.9 Å². The van der Waals surface area contributed by atoms with Crippen molar-refractivity contribution < 1.29 is 8.42 Å². The largest absolute Gasteiger partial charge is 0.325 e. The Labute approximate surface area is 197 Å². The quantitative estimate of drug-likeness (QED) is 0.405. The van der Waals surface area contributed by atoms with Crippen LogP contribution in [0.25, 0.3) is 11.1 Å². The molecule has 0 unspecified atom stereocenters. The van der Waals surface area contributed by atoms with Crippen LogP contribution >= 0.6 is 0 Å². The molecule has 0 aromatic carbocycles. The molecule has 4 heterocycles. The molecule has 0 saturated heterocycles. The summed E-state index contributed by atoms with van der Waals surface area (Å²) in [7, 11) is -0.272. The fourth-order valence-electron chi connectivity index (χ4n) is 3.22. The lowest BCUT2D eigenvalue weighted by Crippen LogP contribution is -2.26. The third kappa shape index (κ3) is 5.26. The lowest BCUT2D eigenvalue weighted by molar-refractivity contribution is 0.600. The minimum atomic E-state index is -3.55. The van der Waals surface area contributed by atoms with E-state index in [-0.39, 0.29) is 0 Å². The van der Waals surface area contributed by atoms with Crippen LogP contribution in [0.1, 0.15) is 11.5 Å². The fraction of sp³-hybridized carbons (Fsp3) is 0.238. The molecule has 0 aliphatic rings. The van der Waals surface area contributed by atoms with E-state index in [1.54, 1.807) is 42.3 Å². The molecular formula is C21H24N10O2S. The van der Waals surface area contributed by atoms with Gasteiger partial charge in [0.15, 0.2) is 5.82 Å². The second kappa shape index (κ2) is 9.02. The van der Waals surface area contributed by atoms with Crippen molar-refractivity contribution in [2.24, 2.45) is 7.05 Å². The minimum Gasteiger partial charge on any atom is -0.325 e. The number of hydrogen-bond donors (Lipinski definition) is 2. The molecule has 0 bridgehead atoms. The zero-order valence-corrected chi connectivity index (χ0v) is 20.2. The van der Waals surface area contributed by atoms with Crippen LogP contribution in [0.15, 0.2) is 43.1 Å². The maximum Gasteiger partial charge on any atom is 0.232 e. The average molecular weight is 481 g/mol. The van der Waals surface area contributed by atoms with Crippen LogP contribution in [0.4, 0.5) is 29.0 Å². The molecule has 4 aromatic heterocycles. The number of sulfonamides is 1. The summed E-state index contributed by atoms with van der Waals surface area (Å²) in [6, 6.07) is 5.22. The second-order valence-corrected chi connectivity index (χ2v) is 9.72. The molecule has 176 valence electrons. The Morgan fingerprint density at radius 1 is 0.912 bits per heavy atom. The molecule has 0 atom stereocenters. The Balaban J connectivity index is 1.67.